The lowest BCUT2D eigenvalue weighted by Gasteiger charge is -2.34. The number of nitrogens with zero attached hydrogens (tertiary/aromatic N) is 1. The largest absolute Gasteiger partial charge is 0.358 e. The molecule has 92 valence electrons. The maximum atomic E-state index is 11.8. The Balaban J connectivity index is 2.04. The second kappa shape index (κ2) is 5.80. The van der Waals surface area contributed by atoms with Crippen molar-refractivity contribution in [2.45, 2.75) is 12.6 Å². The van der Waals surface area contributed by atoms with Crippen molar-refractivity contribution < 1.29 is 4.79 Å². The molecule has 1 fully saturated rings. The van der Waals surface area contributed by atoms with Gasteiger partial charge >= 0.3 is 0 Å². The van der Waals surface area contributed by atoms with Crippen LogP contribution in [0.2, 0.25) is 0 Å². The third-order valence-corrected chi connectivity index (χ3v) is 3.13. The van der Waals surface area contributed by atoms with Crippen LogP contribution >= 0.6 is 0 Å². The first-order chi connectivity index (χ1) is 8.31. The van der Waals surface area contributed by atoms with Gasteiger partial charge in [-0.05, 0) is 5.56 Å². The number of rotatable bonds is 3. The molecule has 0 radical (unpaired) electrons. The van der Waals surface area contributed by atoms with Crippen molar-refractivity contribution in [1.29, 1.82) is 0 Å². The predicted octanol–water partition coefficient (Wildman–Crippen LogP) is 0.206. The summed E-state index contributed by atoms with van der Waals surface area (Å²) in [4.78, 5) is 14.0. The van der Waals surface area contributed by atoms with Gasteiger partial charge in [-0.2, -0.15) is 0 Å². The fourth-order valence-electron chi connectivity index (χ4n) is 2.18. The fourth-order valence-corrected chi connectivity index (χ4v) is 2.18. The number of piperazine rings is 1. The van der Waals surface area contributed by atoms with Gasteiger partial charge in [0.15, 0.2) is 0 Å². The highest BCUT2D eigenvalue weighted by atomic mass is 16.2. The molecule has 1 aromatic carbocycles. The summed E-state index contributed by atoms with van der Waals surface area (Å²) in [5.41, 5.74) is 1.25. The minimum Gasteiger partial charge on any atom is -0.358 e. The zero-order chi connectivity index (χ0) is 12.1. The van der Waals surface area contributed by atoms with Crippen molar-refractivity contribution >= 4 is 5.91 Å². The van der Waals surface area contributed by atoms with Gasteiger partial charge in [0.05, 0.1) is 0 Å². The van der Waals surface area contributed by atoms with Gasteiger partial charge in [0, 0.05) is 33.2 Å². The number of amides is 1. The minimum absolute atomic E-state index is 0.0612. The van der Waals surface area contributed by atoms with Gasteiger partial charge in [0.1, 0.15) is 6.04 Å². The molecule has 17 heavy (non-hydrogen) atoms. The molecule has 1 atom stereocenters. The Bertz CT molecular complexity index is 366. The van der Waals surface area contributed by atoms with Crippen LogP contribution in [0.4, 0.5) is 0 Å². The highest BCUT2D eigenvalue weighted by Crippen LogP contribution is 2.10. The van der Waals surface area contributed by atoms with Gasteiger partial charge in [0.25, 0.3) is 0 Å². The van der Waals surface area contributed by atoms with E-state index in [1.165, 1.54) is 5.56 Å². The van der Waals surface area contributed by atoms with E-state index in [-0.39, 0.29) is 11.9 Å². The van der Waals surface area contributed by atoms with Gasteiger partial charge in [-0.25, -0.2) is 0 Å². The highest BCUT2D eigenvalue weighted by Gasteiger charge is 2.27. The Morgan fingerprint density at radius 2 is 2.24 bits per heavy atom. The maximum Gasteiger partial charge on any atom is 0.238 e. The van der Waals surface area contributed by atoms with Crippen molar-refractivity contribution in [2.24, 2.45) is 0 Å². The number of hydrogen-bond donors (Lipinski definition) is 2. The van der Waals surface area contributed by atoms with E-state index in [1.807, 2.05) is 18.2 Å². The highest BCUT2D eigenvalue weighted by molar-refractivity contribution is 5.81. The molecule has 4 nitrogen and oxygen atoms in total. The molecule has 0 aromatic heterocycles. The summed E-state index contributed by atoms with van der Waals surface area (Å²) in [5.74, 6) is 0.0909. The van der Waals surface area contributed by atoms with Crippen LogP contribution in [0.25, 0.3) is 0 Å². The lowest BCUT2D eigenvalue weighted by Crippen LogP contribution is -2.56. The van der Waals surface area contributed by atoms with Crippen LogP contribution in [0, 0.1) is 0 Å². The topological polar surface area (TPSA) is 44.4 Å². The summed E-state index contributed by atoms with van der Waals surface area (Å²) in [5, 5.41) is 5.99. The van der Waals surface area contributed by atoms with E-state index in [4.69, 9.17) is 0 Å². The van der Waals surface area contributed by atoms with Crippen molar-refractivity contribution in [3.8, 4) is 0 Å². The summed E-state index contributed by atoms with van der Waals surface area (Å²) >= 11 is 0. The first-order valence-corrected chi connectivity index (χ1v) is 6.01. The number of carbonyl (C=O) groups is 1. The Kier molecular flexibility index (Phi) is 4.12. The molecule has 1 heterocycles. The summed E-state index contributed by atoms with van der Waals surface area (Å²) in [7, 11) is 1.69. The van der Waals surface area contributed by atoms with E-state index in [0.717, 1.165) is 26.2 Å². The van der Waals surface area contributed by atoms with Crippen molar-refractivity contribution in [1.82, 2.24) is 15.5 Å². The molecule has 1 aliphatic heterocycles. The van der Waals surface area contributed by atoms with E-state index in [1.54, 1.807) is 7.05 Å². The Morgan fingerprint density at radius 1 is 1.47 bits per heavy atom. The zero-order valence-electron chi connectivity index (χ0n) is 10.1. The van der Waals surface area contributed by atoms with Crippen LogP contribution < -0.4 is 10.6 Å². The van der Waals surface area contributed by atoms with Crippen LogP contribution in [-0.4, -0.2) is 43.5 Å². The molecule has 1 amide bonds. The first-order valence-electron chi connectivity index (χ1n) is 6.01. The van der Waals surface area contributed by atoms with E-state index in [2.05, 4.69) is 27.7 Å². The standard InChI is InChI=1S/C13H19N3O/c1-14-13(17)12-9-15-7-8-16(12)10-11-5-3-2-4-6-11/h2-6,12,15H,7-10H2,1H3,(H,14,17)/t12-/m1/s1. The maximum absolute atomic E-state index is 11.8. The molecule has 2 rings (SSSR count). The normalized spacial score (nSPS) is 21.1. The smallest absolute Gasteiger partial charge is 0.238 e. The predicted molar refractivity (Wildman–Crippen MR) is 67.6 cm³/mol. The molecule has 0 bridgehead atoms. The SMILES string of the molecule is CNC(=O)[C@H]1CNCCN1Cc1ccccc1. The molecule has 0 spiro atoms. The quantitative estimate of drug-likeness (QED) is 0.784. The molecule has 0 saturated carbocycles. The molecule has 1 aromatic rings. The third kappa shape index (κ3) is 3.05. The van der Waals surface area contributed by atoms with Crippen LogP contribution in [0.15, 0.2) is 30.3 Å². The van der Waals surface area contributed by atoms with Gasteiger partial charge in [0.2, 0.25) is 5.91 Å². The van der Waals surface area contributed by atoms with Crippen molar-refractivity contribution in [3.05, 3.63) is 35.9 Å². The number of carbonyl (C=O) groups excluding carboxylic acids is 1. The zero-order valence-corrected chi connectivity index (χ0v) is 10.1. The average molecular weight is 233 g/mol. The number of benzene rings is 1. The first kappa shape index (κ1) is 12.1. The number of hydrogen-bond acceptors (Lipinski definition) is 3. The van der Waals surface area contributed by atoms with E-state index in [0.29, 0.717) is 0 Å². The van der Waals surface area contributed by atoms with Gasteiger partial charge in [-0.1, -0.05) is 30.3 Å². The number of likely N-dealkylation sites (N-methyl/N-ethyl adjacent to an activating group) is 1. The van der Waals surface area contributed by atoms with Crippen LogP contribution in [0.5, 0.6) is 0 Å². The molecule has 1 aliphatic rings. The average Bonchev–Trinajstić information content (AvgIpc) is 2.40. The second-order valence-corrected chi connectivity index (χ2v) is 4.29. The Morgan fingerprint density at radius 3 is 2.94 bits per heavy atom. The lowest BCUT2D eigenvalue weighted by molar-refractivity contribution is -0.126. The second-order valence-electron chi connectivity index (χ2n) is 4.29. The monoisotopic (exact) mass is 233 g/mol. The molecular formula is C13H19N3O. The molecule has 1 saturated heterocycles. The summed E-state index contributed by atoms with van der Waals surface area (Å²) in [6, 6.07) is 10.2. The van der Waals surface area contributed by atoms with Crippen LogP contribution in [0.3, 0.4) is 0 Å². The van der Waals surface area contributed by atoms with Crippen LogP contribution in [0.1, 0.15) is 5.56 Å². The summed E-state index contributed by atoms with van der Waals surface area (Å²) in [6.45, 7) is 3.42. The molecule has 2 N–H and O–H groups in total. The summed E-state index contributed by atoms with van der Waals surface area (Å²) in [6.07, 6.45) is 0. The minimum atomic E-state index is -0.0612. The van der Waals surface area contributed by atoms with E-state index in [9.17, 15) is 4.79 Å². The van der Waals surface area contributed by atoms with Crippen LogP contribution in [-0.2, 0) is 11.3 Å². The van der Waals surface area contributed by atoms with Gasteiger partial charge in [-0.15, -0.1) is 0 Å². The van der Waals surface area contributed by atoms with Crippen molar-refractivity contribution in [2.75, 3.05) is 26.7 Å². The molecular weight excluding hydrogens is 214 g/mol. The Hall–Kier alpha value is -1.39. The molecule has 0 unspecified atom stereocenters. The number of nitrogens with one attached hydrogen (secondary N) is 2. The van der Waals surface area contributed by atoms with E-state index < -0.39 is 0 Å². The van der Waals surface area contributed by atoms with E-state index >= 15 is 0 Å². The molecule has 4 heteroatoms. The van der Waals surface area contributed by atoms with Crippen molar-refractivity contribution in [3.63, 3.8) is 0 Å². The Labute approximate surface area is 102 Å². The molecule has 0 aliphatic carbocycles. The third-order valence-electron chi connectivity index (χ3n) is 3.13. The lowest BCUT2D eigenvalue weighted by atomic mass is 10.1. The summed E-state index contributed by atoms with van der Waals surface area (Å²) < 4.78 is 0. The van der Waals surface area contributed by atoms with Gasteiger partial charge < -0.3 is 10.6 Å². The fraction of sp³-hybridized carbons (Fsp3) is 0.462. The van der Waals surface area contributed by atoms with Gasteiger partial charge in [-0.3, -0.25) is 9.69 Å².